The molecule has 2 aromatic carbocycles. The van der Waals surface area contributed by atoms with E-state index < -0.39 is 12.3 Å². The smallest absolute Gasteiger partial charge is 0.465 e. The molecule has 2 atom stereocenters. The molecule has 1 fully saturated rings. The van der Waals surface area contributed by atoms with Crippen LogP contribution in [0.1, 0.15) is 67.8 Å². The normalized spacial score (nSPS) is 20.3. The fourth-order valence-electron chi connectivity index (χ4n) is 5.41. The minimum Gasteiger partial charge on any atom is -0.465 e. The maximum absolute atomic E-state index is 12.5. The van der Waals surface area contributed by atoms with Crippen LogP contribution >= 0.6 is 0 Å². The molecule has 0 aliphatic heterocycles. The lowest BCUT2D eigenvalue weighted by molar-refractivity contribution is -0.274. The van der Waals surface area contributed by atoms with Crippen LogP contribution in [0.2, 0.25) is 0 Å². The van der Waals surface area contributed by atoms with Crippen LogP contribution in [-0.4, -0.2) is 29.0 Å². The van der Waals surface area contributed by atoms with Crippen LogP contribution in [0.5, 0.6) is 5.75 Å². The largest absolute Gasteiger partial charge is 0.573 e. The molecular weight excluding hydrogens is 445 g/mol. The third-order valence-electron chi connectivity index (χ3n) is 6.43. The lowest BCUT2D eigenvalue weighted by Gasteiger charge is -2.40. The number of halogens is 3. The number of benzene rings is 2. The molecule has 1 unspecified atom stereocenters. The van der Waals surface area contributed by atoms with Crippen molar-refractivity contribution in [3.8, 4) is 5.75 Å². The van der Waals surface area contributed by atoms with Crippen molar-refractivity contribution in [2.24, 2.45) is 11.3 Å². The number of alkyl halides is 3. The number of nitrogens with zero attached hydrogens (tertiary/aromatic N) is 2. The number of imidazole rings is 1. The second kappa shape index (κ2) is 8.96. The summed E-state index contributed by atoms with van der Waals surface area (Å²) in [6.45, 7) is 6.83. The Balaban J connectivity index is 1.73. The number of hydrogen-bond donors (Lipinski definition) is 0. The molecule has 1 aromatic heterocycles. The van der Waals surface area contributed by atoms with Gasteiger partial charge in [0.05, 0.1) is 23.7 Å². The average molecular weight is 475 g/mol. The molecule has 1 saturated carbocycles. The van der Waals surface area contributed by atoms with Crippen LogP contribution in [0.25, 0.3) is 11.0 Å². The summed E-state index contributed by atoms with van der Waals surface area (Å²) in [5.74, 6) is 0.685. The molecule has 1 heterocycles. The van der Waals surface area contributed by atoms with Crippen molar-refractivity contribution < 1.29 is 27.4 Å². The van der Waals surface area contributed by atoms with E-state index in [1.165, 1.54) is 19.2 Å². The first-order valence-electron chi connectivity index (χ1n) is 11.4. The Labute approximate surface area is 196 Å². The predicted molar refractivity (Wildman–Crippen MR) is 123 cm³/mol. The van der Waals surface area contributed by atoms with E-state index >= 15 is 0 Å². The standard InChI is InChI=1S/C26H29F3N2O3/c1-16-11-19(15-25(2,3)14-16)31-22-10-7-18(24(32)33-4)13-21(22)30-23(31)12-17-5-8-20(9-6-17)34-26(27,28)29/h5-10,13,16,19H,11-12,14-15H2,1-4H3/t16-,19?/m0/s1. The van der Waals surface area contributed by atoms with Gasteiger partial charge in [-0.3, -0.25) is 0 Å². The molecule has 0 N–H and O–H groups in total. The fraction of sp³-hybridized carbons (Fsp3) is 0.462. The summed E-state index contributed by atoms with van der Waals surface area (Å²) in [7, 11) is 1.34. The van der Waals surface area contributed by atoms with Crippen molar-refractivity contribution in [2.45, 2.75) is 58.9 Å². The zero-order chi connectivity index (χ0) is 24.7. The SMILES string of the molecule is COC(=O)c1ccc2c(c1)nc(Cc1ccc(OC(F)(F)F)cc1)n2C1C[C@H](C)CC(C)(C)C1. The summed E-state index contributed by atoms with van der Waals surface area (Å²) < 4.78 is 48.6. The fourth-order valence-corrected chi connectivity index (χ4v) is 5.41. The number of ether oxygens (including phenoxy) is 2. The van der Waals surface area contributed by atoms with Gasteiger partial charge in [0.25, 0.3) is 0 Å². The van der Waals surface area contributed by atoms with Crippen molar-refractivity contribution in [1.29, 1.82) is 0 Å². The zero-order valence-corrected chi connectivity index (χ0v) is 19.8. The molecule has 0 spiro atoms. The number of methoxy groups -OCH3 is 1. The minimum atomic E-state index is -4.72. The van der Waals surface area contributed by atoms with Crippen LogP contribution in [-0.2, 0) is 11.2 Å². The Bertz CT molecular complexity index is 1180. The quantitative estimate of drug-likeness (QED) is 0.386. The van der Waals surface area contributed by atoms with Crippen molar-refractivity contribution in [1.82, 2.24) is 9.55 Å². The third kappa shape index (κ3) is 5.37. The Morgan fingerprint density at radius 2 is 1.85 bits per heavy atom. The minimum absolute atomic E-state index is 0.179. The van der Waals surface area contributed by atoms with Gasteiger partial charge in [0, 0.05) is 12.5 Å². The molecular formula is C26H29F3N2O3. The summed E-state index contributed by atoms with van der Waals surface area (Å²) in [4.78, 5) is 16.9. The first-order valence-corrected chi connectivity index (χ1v) is 11.4. The summed E-state index contributed by atoms with van der Waals surface area (Å²) in [6.07, 6.45) is -1.12. The van der Waals surface area contributed by atoms with Gasteiger partial charge in [0.2, 0.25) is 0 Å². The first kappa shape index (κ1) is 24.1. The van der Waals surface area contributed by atoms with E-state index in [0.717, 1.165) is 36.2 Å². The summed E-state index contributed by atoms with van der Waals surface area (Å²) in [5.41, 5.74) is 3.07. The molecule has 0 radical (unpaired) electrons. The second-order valence-corrected chi connectivity index (χ2v) is 10.0. The molecule has 5 nitrogen and oxygen atoms in total. The maximum Gasteiger partial charge on any atom is 0.573 e. The van der Waals surface area contributed by atoms with E-state index in [-0.39, 0.29) is 17.2 Å². The van der Waals surface area contributed by atoms with Gasteiger partial charge in [-0.2, -0.15) is 0 Å². The van der Waals surface area contributed by atoms with E-state index in [2.05, 4.69) is 30.1 Å². The van der Waals surface area contributed by atoms with Crippen molar-refractivity contribution in [2.75, 3.05) is 7.11 Å². The molecule has 182 valence electrons. The number of fused-ring (bicyclic) bond motifs is 1. The van der Waals surface area contributed by atoms with E-state index in [9.17, 15) is 18.0 Å². The lowest BCUT2D eigenvalue weighted by atomic mass is 9.70. The van der Waals surface area contributed by atoms with Gasteiger partial charge in [0.1, 0.15) is 11.6 Å². The van der Waals surface area contributed by atoms with Gasteiger partial charge in [0.15, 0.2) is 0 Å². The van der Waals surface area contributed by atoms with Gasteiger partial charge < -0.3 is 14.0 Å². The van der Waals surface area contributed by atoms with E-state index in [1.54, 1.807) is 24.3 Å². The molecule has 0 amide bonds. The Hall–Kier alpha value is -3.03. The molecule has 1 aliphatic rings. The Morgan fingerprint density at radius 3 is 2.47 bits per heavy atom. The number of carbonyl (C=O) groups excluding carboxylic acids is 1. The molecule has 4 rings (SSSR count). The predicted octanol–water partition coefficient (Wildman–Crippen LogP) is 6.70. The lowest BCUT2D eigenvalue weighted by Crippen LogP contribution is -2.30. The summed E-state index contributed by atoms with van der Waals surface area (Å²) in [5, 5.41) is 0. The Kier molecular flexibility index (Phi) is 6.36. The highest BCUT2D eigenvalue weighted by Crippen LogP contribution is 2.45. The Morgan fingerprint density at radius 1 is 1.15 bits per heavy atom. The van der Waals surface area contributed by atoms with Gasteiger partial charge >= 0.3 is 12.3 Å². The molecule has 0 bridgehead atoms. The van der Waals surface area contributed by atoms with E-state index in [0.29, 0.717) is 23.4 Å². The number of rotatable bonds is 5. The van der Waals surface area contributed by atoms with Crippen LogP contribution < -0.4 is 4.74 Å². The highest BCUT2D eigenvalue weighted by Gasteiger charge is 2.35. The maximum atomic E-state index is 12.5. The van der Waals surface area contributed by atoms with Crippen LogP contribution in [0.3, 0.4) is 0 Å². The average Bonchev–Trinajstić information content (AvgIpc) is 3.09. The highest BCUT2D eigenvalue weighted by atomic mass is 19.4. The van der Waals surface area contributed by atoms with Crippen molar-refractivity contribution in [3.63, 3.8) is 0 Å². The van der Waals surface area contributed by atoms with E-state index in [4.69, 9.17) is 9.72 Å². The zero-order valence-electron chi connectivity index (χ0n) is 19.8. The molecule has 8 heteroatoms. The molecule has 1 aliphatic carbocycles. The van der Waals surface area contributed by atoms with Crippen molar-refractivity contribution >= 4 is 17.0 Å². The number of carbonyl (C=O) groups is 1. The highest BCUT2D eigenvalue weighted by molar-refractivity contribution is 5.93. The number of aromatic nitrogens is 2. The third-order valence-corrected chi connectivity index (χ3v) is 6.43. The van der Waals surface area contributed by atoms with Crippen LogP contribution in [0.15, 0.2) is 42.5 Å². The van der Waals surface area contributed by atoms with Gasteiger partial charge in [-0.05, 0) is 66.5 Å². The van der Waals surface area contributed by atoms with Crippen molar-refractivity contribution in [3.05, 3.63) is 59.4 Å². The van der Waals surface area contributed by atoms with Crippen LogP contribution in [0, 0.1) is 11.3 Å². The number of hydrogen-bond acceptors (Lipinski definition) is 4. The van der Waals surface area contributed by atoms with Crippen LogP contribution in [0.4, 0.5) is 13.2 Å². The topological polar surface area (TPSA) is 53.4 Å². The summed E-state index contributed by atoms with van der Waals surface area (Å²) in [6, 6.07) is 11.5. The molecule has 3 aromatic rings. The van der Waals surface area contributed by atoms with Gasteiger partial charge in [-0.25, -0.2) is 9.78 Å². The monoisotopic (exact) mass is 474 g/mol. The second-order valence-electron chi connectivity index (χ2n) is 10.0. The summed E-state index contributed by atoms with van der Waals surface area (Å²) >= 11 is 0. The van der Waals surface area contributed by atoms with Gasteiger partial charge in [-0.1, -0.05) is 32.9 Å². The molecule has 0 saturated heterocycles. The first-order chi connectivity index (χ1) is 15.9. The molecule has 34 heavy (non-hydrogen) atoms. The van der Waals surface area contributed by atoms with Gasteiger partial charge in [-0.15, -0.1) is 13.2 Å². The number of esters is 1. The van der Waals surface area contributed by atoms with E-state index in [1.807, 2.05) is 6.07 Å².